The smallest absolute Gasteiger partial charge is 0.248 e. The maximum atomic E-state index is 10.3. The molecule has 1 amide bonds. The highest BCUT2D eigenvalue weighted by Crippen LogP contribution is 1.91. The summed E-state index contributed by atoms with van der Waals surface area (Å²) >= 11 is 4.50. The van der Waals surface area contributed by atoms with Crippen molar-refractivity contribution in [3.63, 3.8) is 0 Å². The van der Waals surface area contributed by atoms with Crippen LogP contribution in [0.3, 0.4) is 0 Å². The monoisotopic (exact) mass is 131 g/mol. The van der Waals surface area contributed by atoms with E-state index in [4.69, 9.17) is 4.74 Å². The Labute approximate surface area is 52.0 Å². The Bertz CT molecular complexity index is 125. The quantitative estimate of drug-likeness (QED) is 0.486. The number of ether oxygens (including phenoxy) is 1. The Morgan fingerprint density at radius 1 is 2.00 bits per heavy atom. The van der Waals surface area contributed by atoms with Gasteiger partial charge in [0.2, 0.25) is 5.91 Å². The molecule has 8 heavy (non-hydrogen) atoms. The van der Waals surface area contributed by atoms with Gasteiger partial charge in [0.15, 0.2) is 6.23 Å². The van der Waals surface area contributed by atoms with Crippen LogP contribution in [0.2, 0.25) is 0 Å². The molecule has 0 radical (unpaired) electrons. The van der Waals surface area contributed by atoms with Gasteiger partial charge in [-0.05, 0) is 0 Å². The van der Waals surface area contributed by atoms with Crippen LogP contribution in [0.25, 0.3) is 0 Å². The molecule has 0 bridgehead atoms. The van der Waals surface area contributed by atoms with Crippen LogP contribution in [0.15, 0.2) is 0 Å². The first-order valence-corrected chi connectivity index (χ1v) is 2.66. The molecule has 1 aliphatic rings. The summed E-state index contributed by atoms with van der Waals surface area (Å²) in [6.45, 7) is 0.137. The van der Waals surface area contributed by atoms with Crippen LogP contribution in [-0.4, -0.2) is 24.1 Å². The van der Waals surface area contributed by atoms with Crippen molar-refractivity contribution < 1.29 is 9.53 Å². The van der Waals surface area contributed by atoms with E-state index in [0.717, 1.165) is 0 Å². The molecule has 1 atom stereocenters. The first kappa shape index (κ1) is 5.65. The number of rotatable bonds is 1. The van der Waals surface area contributed by atoms with Crippen LogP contribution in [0.5, 0.6) is 0 Å². The molecule has 1 saturated heterocycles. The summed E-state index contributed by atoms with van der Waals surface area (Å²) in [4.78, 5) is 10.3. The zero-order valence-corrected chi connectivity index (χ0v) is 4.90. The molecule has 1 unspecified atom stereocenters. The fraction of sp³-hybridized carbons (Fsp3) is 0.500. The molecular formula is C4H5NO2S. The van der Waals surface area contributed by atoms with Crippen LogP contribution in [0, 0.1) is 0 Å². The lowest BCUT2D eigenvalue weighted by molar-refractivity contribution is -0.119. The van der Waals surface area contributed by atoms with E-state index in [2.05, 4.69) is 17.5 Å². The average Bonchev–Trinajstić information content (AvgIpc) is 2.14. The van der Waals surface area contributed by atoms with Gasteiger partial charge in [-0.2, -0.15) is 0 Å². The Morgan fingerprint density at radius 2 is 2.75 bits per heavy atom. The van der Waals surface area contributed by atoms with Gasteiger partial charge < -0.3 is 10.1 Å². The number of nitrogens with one attached hydrogen (secondary N) is 1. The van der Waals surface area contributed by atoms with Crippen molar-refractivity contribution >= 4 is 23.5 Å². The Kier molecular flexibility index (Phi) is 1.55. The largest absolute Gasteiger partial charge is 0.344 e. The Hall–Kier alpha value is -0.480. The lowest BCUT2D eigenvalue weighted by Gasteiger charge is -1.96. The van der Waals surface area contributed by atoms with E-state index in [9.17, 15) is 4.79 Å². The summed E-state index contributed by atoms with van der Waals surface area (Å²) in [5.41, 5.74) is 0. The van der Waals surface area contributed by atoms with E-state index < -0.39 is 0 Å². The zero-order valence-electron chi connectivity index (χ0n) is 4.09. The van der Waals surface area contributed by atoms with Gasteiger partial charge in [-0.3, -0.25) is 4.79 Å². The minimum Gasteiger partial charge on any atom is -0.344 e. The fourth-order valence-corrected chi connectivity index (χ4v) is 0.627. The zero-order chi connectivity index (χ0) is 5.98. The second-order valence-corrected chi connectivity index (χ2v) is 1.71. The van der Waals surface area contributed by atoms with E-state index >= 15 is 0 Å². The predicted octanol–water partition coefficient (Wildman–Crippen LogP) is -0.541. The first-order valence-electron chi connectivity index (χ1n) is 2.19. The van der Waals surface area contributed by atoms with Crippen LogP contribution >= 0.6 is 12.2 Å². The van der Waals surface area contributed by atoms with E-state index in [1.807, 2.05) is 0 Å². The van der Waals surface area contributed by atoms with Crippen molar-refractivity contribution in [3.05, 3.63) is 0 Å². The highest BCUT2D eigenvalue weighted by atomic mass is 32.1. The van der Waals surface area contributed by atoms with Crippen molar-refractivity contribution in [2.45, 2.75) is 6.23 Å². The topological polar surface area (TPSA) is 38.3 Å². The van der Waals surface area contributed by atoms with Gasteiger partial charge in [-0.1, -0.05) is 12.2 Å². The highest BCUT2D eigenvalue weighted by molar-refractivity contribution is 7.79. The summed E-state index contributed by atoms with van der Waals surface area (Å²) < 4.78 is 4.79. The molecule has 0 aliphatic carbocycles. The molecule has 0 aromatic heterocycles. The lowest BCUT2D eigenvalue weighted by atomic mass is 10.6. The molecule has 0 aromatic carbocycles. The summed E-state index contributed by atoms with van der Waals surface area (Å²) in [7, 11) is 0. The molecule has 3 nitrogen and oxygen atoms in total. The predicted molar refractivity (Wildman–Crippen MR) is 31.5 cm³/mol. The number of carbonyl (C=O) groups is 1. The van der Waals surface area contributed by atoms with E-state index in [0.29, 0.717) is 0 Å². The number of amides is 1. The van der Waals surface area contributed by atoms with Gasteiger partial charge in [-0.15, -0.1) is 0 Å². The van der Waals surface area contributed by atoms with Gasteiger partial charge in [0.25, 0.3) is 0 Å². The van der Waals surface area contributed by atoms with E-state index in [1.165, 1.54) is 5.37 Å². The van der Waals surface area contributed by atoms with E-state index in [1.54, 1.807) is 0 Å². The van der Waals surface area contributed by atoms with Crippen molar-refractivity contribution in [2.75, 3.05) is 6.61 Å². The van der Waals surface area contributed by atoms with Gasteiger partial charge in [0.05, 0.1) is 0 Å². The normalized spacial score (nSPS) is 27.5. The van der Waals surface area contributed by atoms with Crippen molar-refractivity contribution in [1.82, 2.24) is 5.32 Å². The average molecular weight is 131 g/mol. The van der Waals surface area contributed by atoms with Crippen LogP contribution in [0.1, 0.15) is 0 Å². The Morgan fingerprint density at radius 3 is 3.00 bits per heavy atom. The van der Waals surface area contributed by atoms with Gasteiger partial charge in [0.1, 0.15) is 6.61 Å². The highest BCUT2D eigenvalue weighted by Gasteiger charge is 2.17. The van der Waals surface area contributed by atoms with Crippen molar-refractivity contribution in [1.29, 1.82) is 0 Å². The lowest BCUT2D eigenvalue weighted by Crippen LogP contribution is -2.26. The Balaban J connectivity index is 2.43. The molecule has 4 heteroatoms. The van der Waals surface area contributed by atoms with Crippen LogP contribution < -0.4 is 5.32 Å². The SMILES string of the molecule is O=C1COC(C=S)N1. The minimum atomic E-state index is -0.336. The summed E-state index contributed by atoms with van der Waals surface area (Å²) in [5, 5.41) is 3.86. The third-order valence-electron chi connectivity index (χ3n) is 0.821. The maximum absolute atomic E-state index is 10.3. The summed E-state index contributed by atoms with van der Waals surface area (Å²) in [6.07, 6.45) is -0.336. The number of carbonyl (C=O) groups excluding carboxylic acids is 1. The molecule has 0 saturated carbocycles. The maximum Gasteiger partial charge on any atom is 0.248 e. The molecule has 1 rings (SSSR count). The standard InChI is InChI=1S/C4H5NO2S/c6-3-1-7-4(2-8)5-3/h2,4H,1H2,(H,5,6). The molecule has 44 valence electrons. The molecule has 1 N–H and O–H groups in total. The van der Waals surface area contributed by atoms with Crippen molar-refractivity contribution in [3.8, 4) is 0 Å². The summed E-state index contributed by atoms with van der Waals surface area (Å²) in [5.74, 6) is -0.101. The molecule has 0 spiro atoms. The summed E-state index contributed by atoms with van der Waals surface area (Å²) in [6, 6.07) is 0. The fourth-order valence-electron chi connectivity index (χ4n) is 0.481. The first-order chi connectivity index (χ1) is 3.83. The van der Waals surface area contributed by atoms with Gasteiger partial charge >= 0.3 is 0 Å². The molecule has 0 aromatic rings. The molecule has 1 fully saturated rings. The molecule has 1 heterocycles. The van der Waals surface area contributed by atoms with Crippen LogP contribution in [-0.2, 0) is 9.53 Å². The third-order valence-corrected chi connectivity index (χ3v) is 1.07. The molecule has 1 aliphatic heterocycles. The van der Waals surface area contributed by atoms with Crippen molar-refractivity contribution in [2.24, 2.45) is 0 Å². The number of thiocarbonyl (C=S) groups is 1. The van der Waals surface area contributed by atoms with Gasteiger partial charge in [-0.25, -0.2) is 0 Å². The van der Waals surface area contributed by atoms with Gasteiger partial charge in [0, 0.05) is 5.37 Å². The molecular weight excluding hydrogens is 126 g/mol. The van der Waals surface area contributed by atoms with E-state index in [-0.39, 0.29) is 18.7 Å². The minimum absolute atomic E-state index is 0.101. The second kappa shape index (κ2) is 2.19. The third kappa shape index (κ3) is 1.02. The number of hydrogen-bond donors (Lipinski definition) is 1. The number of hydrogen-bond acceptors (Lipinski definition) is 3. The second-order valence-electron chi connectivity index (χ2n) is 1.44. The van der Waals surface area contributed by atoms with Crippen LogP contribution in [0.4, 0.5) is 0 Å².